The van der Waals surface area contributed by atoms with Crippen molar-refractivity contribution < 1.29 is 9.47 Å². The molecule has 4 heterocycles. The zero-order valence-corrected chi connectivity index (χ0v) is 15.3. The van der Waals surface area contributed by atoms with E-state index < -0.39 is 0 Å². The second kappa shape index (κ2) is 7.98. The molecular formula is C19H30N4O2. The monoisotopic (exact) mass is 346 g/mol. The quantitative estimate of drug-likeness (QED) is 0.810. The van der Waals surface area contributed by atoms with Gasteiger partial charge in [-0.15, -0.1) is 0 Å². The molecule has 138 valence electrons. The van der Waals surface area contributed by atoms with Crippen molar-refractivity contribution in [2.75, 3.05) is 50.8 Å². The molecule has 3 saturated heterocycles. The van der Waals surface area contributed by atoms with E-state index in [-0.39, 0.29) is 0 Å². The lowest BCUT2D eigenvalue weighted by Gasteiger charge is -2.28. The van der Waals surface area contributed by atoms with Gasteiger partial charge in [-0.25, -0.2) is 9.97 Å². The number of hydrogen-bond acceptors (Lipinski definition) is 6. The third-order valence-corrected chi connectivity index (χ3v) is 5.48. The lowest BCUT2D eigenvalue weighted by atomic mass is 10.1. The molecule has 0 amide bonds. The number of hydrogen-bond donors (Lipinski definition) is 0. The van der Waals surface area contributed by atoms with E-state index in [1.165, 1.54) is 12.8 Å². The minimum Gasteiger partial charge on any atom is -0.379 e. The van der Waals surface area contributed by atoms with Crippen LogP contribution < -0.4 is 4.90 Å². The van der Waals surface area contributed by atoms with E-state index in [4.69, 9.17) is 14.5 Å². The van der Waals surface area contributed by atoms with E-state index in [9.17, 15) is 0 Å². The maximum atomic E-state index is 6.32. The summed E-state index contributed by atoms with van der Waals surface area (Å²) in [6.45, 7) is 9.08. The molecule has 0 radical (unpaired) electrons. The highest BCUT2D eigenvalue weighted by Crippen LogP contribution is 2.25. The number of rotatable bonds is 5. The van der Waals surface area contributed by atoms with Gasteiger partial charge in [0, 0.05) is 50.5 Å². The minimum absolute atomic E-state index is 0.298. The van der Waals surface area contributed by atoms with Crippen LogP contribution >= 0.6 is 0 Å². The van der Waals surface area contributed by atoms with Crippen LogP contribution in [-0.4, -0.2) is 73.0 Å². The van der Waals surface area contributed by atoms with Gasteiger partial charge in [0.05, 0.1) is 25.4 Å². The van der Waals surface area contributed by atoms with Crippen molar-refractivity contribution >= 4 is 5.95 Å². The van der Waals surface area contributed by atoms with E-state index in [0.29, 0.717) is 12.2 Å². The maximum absolute atomic E-state index is 6.32. The number of nitrogens with zero attached hydrogens (tertiary/aromatic N) is 4. The topological polar surface area (TPSA) is 50.7 Å². The van der Waals surface area contributed by atoms with E-state index in [1.807, 2.05) is 0 Å². The largest absolute Gasteiger partial charge is 0.379 e. The first-order valence-corrected chi connectivity index (χ1v) is 9.81. The molecule has 2 atom stereocenters. The summed E-state index contributed by atoms with van der Waals surface area (Å²) in [5, 5.41) is 0. The Labute approximate surface area is 150 Å². The Hall–Kier alpha value is -1.24. The van der Waals surface area contributed by atoms with Crippen LogP contribution in [0.2, 0.25) is 0 Å². The lowest BCUT2D eigenvalue weighted by Crippen LogP contribution is -2.41. The van der Waals surface area contributed by atoms with E-state index in [2.05, 4.69) is 27.8 Å². The van der Waals surface area contributed by atoms with E-state index in [0.717, 1.165) is 82.5 Å². The number of ether oxygens (including phenoxy) is 2. The number of anilines is 1. The van der Waals surface area contributed by atoms with Crippen LogP contribution in [0.4, 0.5) is 5.95 Å². The van der Waals surface area contributed by atoms with Crippen molar-refractivity contribution in [2.24, 2.45) is 0 Å². The first-order chi connectivity index (χ1) is 12.3. The Balaban J connectivity index is 1.33. The molecule has 0 bridgehead atoms. The Bertz CT molecular complexity index is 571. The number of aromatic nitrogens is 2. The van der Waals surface area contributed by atoms with Gasteiger partial charge in [-0.3, -0.25) is 4.90 Å². The summed E-state index contributed by atoms with van der Waals surface area (Å²) in [6, 6.07) is 2.12. The first-order valence-electron chi connectivity index (χ1n) is 9.81. The molecule has 1 aromatic rings. The average molecular weight is 346 g/mol. The summed E-state index contributed by atoms with van der Waals surface area (Å²) in [6.07, 6.45) is 6.37. The van der Waals surface area contributed by atoms with Gasteiger partial charge in [-0.2, -0.15) is 0 Å². The van der Waals surface area contributed by atoms with Crippen molar-refractivity contribution in [1.29, 1.82) is 0 Å². The van der Waals surface area contributed by atoms with Crippen molar-refractivity contribution in [3.8, 4) is 0 Å². The van der Waals surface area contributed by atoms with Crippen LogP contribution in [0.1, 0.15) is 37.1 Å². The van der Waals surface area contributed by atoms with Crippen LogP contribution in [0.5, 0.6) is 0 Å². The number of aryl methyl sites for hydroxylation is 1. The van der Waals surface area contributed by atoms with Gasteiger partial charge in [0.15, 0.2) is 0 Å². The Morgan fingerprint density at radius 2 is 1.80 bits per heavy atom. The number of morpholine rings is 1. The van der Waals surface area contributed by atoms with Crippen LogP contribution in [0, 0.1) is 6.92 Å². The summed E-state index contributed by atoms with van der Waals surface area (Å²) in [7, 11) is 0. The second-order valence-electron chi connectivity index (χ2n) is 7.57. The van der Waals surface area contributed by atoms with Gasteiger partial charge in [0.1, 0.15) is 0 Å². The molecule has 25 heavy (non-hydrogen) atoms. The molecule has 6 heteroatoms. The normalized spacial score (nSPS) is 28.0. The molecule has 0 N–H and O–H groups in total. The van der Waals surface area contributed by atoms with Gasteiger partial charge in [0.2, 0.25) is 5.95 Å². The SMILES string of the molecule is Cc1cc(C[C@@H]2CC[C@H](CN3CCOCC3)O2)nc(N2CCCC2)n1. The highest BCUT2D eigenvalue weighted by molar-refractivity contribution is 5.33. The predicted octanol–water partition coefficient (Wildman–Crippen LogP) is 1.81. The van der Waals surface area contributed by atoms with Gasteiger partial charge in [-0.05, 0) is 38.7 Å². The summed E-state index contributed by atoms with van der Waals surface area (Å²) >= 11 is 0. The van der Waals surface area contributed by atoms with Crippen LogP contribution in [0.25, 0.3) is 0 Å². The maximum Gasteiger partial charge on any atom is 0.225 e. The van der Waals surface area contributed by atoms with Gasteiger partial charge >= 0.3 is 0 Å². The average Bonchev–Trinajstić information content (AvgIpc) is 3.27. The molecular weight excluding hydrogens is 316 g/mol. The summed E-state index contributed by atoms with van der Waals surface area (Å²) in [5.41, 5.74) is 2.20. The molecule has 3 fully saturated rings. The fourth-order valence-corrected chi connectivity index (χ4v) is 4.15. The van der Waals surface area contributed by atoms with Crippen LogP contribution in [-0.2, 0) is 15.9 Å². The standard InChI is InChI=1S/C19H30N4O2/c1-15-12-16(21-19(20-15)23-6-2-3-7-23)13-17-4-5-18(25-17)14-22-8-10-24-11-9-22/h12,17-18H,2-11,13-14H2,1H3/t17-,18+/m0/s1. The zero-order chi connectivity index (χ0) is 17.1. The molecule has 0 spiro atoms. The molecule has 0 unspecified atom stereocenters. The van der Waals surface area contributed by atoms with Gasteiger partial charge < -0.3 is 14.4 Å². The van der Waals surface area contributed by atoms with Gasteiger partial charge in [-0.1, -0.05) is 0 Å². The Morgan fingerprint density at radius 3 is 2.60 bits per heavy atom. The van der Waals surface area contributed by atoms with Crippen LogP contribution in [0.3, 0.4) is 0 Å². The summed E-state index contributed by atoms with van der Waals surface area (Å²) < 4.78 is 11.7. The van der Waals surface area contributed by atoms with E-state index >= 15 is 0 Å². The molecule has 0 saturated carbocycles. The minimum atomic E-state index is 0.298. The fourth-order valence-electron chi connectivity index (χ4n) is 4.15. The molecule has 0 aromatic carbocycles. The zero-order valence-electron chi connectivity index (χ0n) is 15.3. The van der Waals surface area contributed by atoms with E-state index in [1.54, 1.807) is 0 Å². The first kappa shape index (κ1) is 17.2. The fraction of sp³-hybridized carbons (Fsp3) is 0.789. The van der Waals surface area contributed by atoms with Gasteiger partial charge in [0.25, 0.3) is 0 Å². The predicted molar refractivity (Wildman–Crippen MR) is 97.1 cm³/mol. The Morgan fingerprint density at radius 1 is 1.04 bits per heavy atom. The highest BCUT2D eigenvalue weighted by Gasteiger charge is 2.28. The van der Waals surface area contributed by atoms with Crippen molar-refractivity contribution in [1.82, 2.24) is 14.9 Å². The van der Waals surface area contributed by atoms with Crippen molar-refractivity contribution in [3.63, 3.8) is 0 Å². The molecule has 0 aliphatic carbocycles. The Kier molecular flexibility index (Phi) is 5.48. The molecule has 3 aliphatic rings. The highest BCUT2D eigenvalue weighted by atomic mass is 16.5. The third kappa shape index (κ3) is 4.49. The van der Waals surface area contributed by atoms with Crippen molar-refractivity contribution in [3.05, 3.63) is 17.5 Å². The smallest absolute Gasteiger partial charge is 0.225 e. The molecule has 6 nitrogen and oxygen atoms in total. The summed E-state index contributed by atoms with van der Waals surface area (Å²) in [5.74, 6) is 0.912. The molecule has 3 aliphatic heterocycles. The third-order valence-electron chi connectivity index (χ3n) is 5.48. The second-order valence-corrected chi connectivity index (χ2v) is 7.57. The summed E-state index contributed by atoms with van der Waals surface area (Å²) in [4.78, 5) is 14.2. The van der Waals surface area contributed by atoms with Crippen LogP contribution in [0.15, 0.2) is 6.07 Å². The molecule has 4 rings (SSSR count). The molecule has 1 aromatic heterocycles. The van der Waals surface area contributed by atoms with Crippen molar-refractivity contribution in [2.45, 2.75) is 51.2 Å². The lowest BCUT2D eigenvalue weighted by molar-refractivity contribution is -0.0110.